The number of hydrogen-bond acceptors (Lipinski definition) is 3. The van der Waals surface area contributed by atoms with E-state index in [4.69, 9.17) is 5.11 Å². The Morgan fingerprint density at radius 2 is 1.61 bits per heavy atom. The van der Waals surface area contributed by atoms with Crippen LogP contribution < -0.4 is 0 Å². The zero-order valence-electron chi connectivity index (χ0n) is 11.1. The Labute approximate surface area is 108 Å². The van der Waals surface area contributed by atoms with E-state index in [1.165, 1.54) is 5.56 Å². The van der Waals surface area contributed by atoms with Gasteiger partial charge in [0.05, 0.1) is 6.61 Å². The number of rotatable bonds is 3. The second kappa shape index (κ2) is 5.63. The van der Waals surface area contributed by atoms with Crippen molar-refractivity contribution in [2.45, 2.75) is 51.9 Å². The minimum atomic E-state index is 0.0886. The van der Waals surface area contributed by atoms with Crippen LogP contribution >= 0.6 is 0 Å². The van der Waals surface area contributed by atoms with Gasteiger partial charge in [-0.25, -0.2) is 0 Å². The number of aliphatic hydroxyl groups excluding tert-OH is 1. The van der Waals surface area contributed by atoms with Crippen molar-refractivity contribution in [3.05, 3.63) is 35.4 Å². The van der Waals surface area contributed by atoms with Crippen molar-refractivity contribution >= 4 is 5.78 Å². The molecule has 1 aromatic rings. The molecule has 0 unspecified atom stereocenters. The Kier molecular flexibility index (Phi) is 4.15. The van der Waals surface area contributed by atoms with E-state index in [2.05, 4.69) is 30.9 Å². The summed E-state index contributed by atoms with van der Waals surface area (Å²) in [5.74, 6) is 0.377. The van der Waals surface area contributed by atoms with E-state index in [-0.39, 0.29) is 6.61 Å². The van der Waals surface area contributed by atoms with E-state index in [9.17, 15) is 4.79 Å². The van der Waals surface area contributed by atoms with E-state index in [1.54, 1.807) is 0 Å². The fourth-order valence-corrected chi connectivity index (χ4v) is 2.68. The Morgan fingerprint density at radius 3 is 2.11 bits per heavy atom. The Bertz CT molecular complexity index is 399. The number of nitrogens with zero attached hydrogens (tertiary/aromatic N) is 1. The number of carbonyl (C=O) groups excluding carboxylic acids is 1. The Hall–Kier alpha value is -1.19. The first-order valence-corrected chi connectivity index (χ1v) is 6.56. The molecule has 0 aliphatic carbocycles. The van der Waals surface area contributed by atoms with Gasteiger partial charge < -0.3 is 5.11 Å². The molecule has 3 heteroatoms. The van der Waals surface area contributed by atoms with Gasteiger partial charge in [0.2, 0.25) is 0 Å². The first-order valence-electron chi connectivity index (χ1n) is 6.56. The number of carbonyl (C=O) groups is 1. The zero-order chi connectivity index (χ0) is 13.1. The molecule has 1 heterocycles. The number of ketones is 1. The van der Waals surface area contributed by atoms with Crippen LogP contribution in [0.3, 0.4) is 0 Å². The Morgan fingerprint density at radius 1 is 1.11 bits per heavy atom. The van der Waals surface area contributed by atoms with Gasteiger partial charge in [0.25, 0.3) is 0 Å². The van der Waals surface area contributed by atoms with Crippen molar-refractivity contribution in [1.82, 2.24) is 4.90 Å². The lowest BCUT2D eigenvalue weighted by molar-refractivity contribution is -0.125. The van der Waals surface area contributed by atoms with Crippen LogP contribution in [0.1, 0.15) is 37.8 Å². The molecule has 0 bridgehead atoms. The summed E-state index contributed by atoms with van der Waals surface area (Å²) in [6.45, 7) is 5.21. The first-order chi connectivity index (χ1) is 8.60. The van der Waals surface area contributed by atoms with Gasteiger partial charge in [0.1, 0.15) is 5.78 Å². The summed E-state index contributed by atoms with van der Waals surface area (Å²) in [6, 6.07) is 8.67. The average Bonchev–Trinajstić information content (AvgIpc) is 2.34. The van der Waals surface area contributed by atoms with Crippen molar-refractivity contribution in [2.75, 3.05) is 0 Å². The van der Waals surface area contributed by atoms with Crippen molar-refractivity contribution in [2.24, 2.45) is 0 Å². The zero-order valence-corrected chi connectivity index (χ0v) is 11.1. The lowest BCUT2D eigenvalue weighted by atomic mass is 9.95. The molecule has 3 nitrogen and oxygen atoms in total. The highest BCUT2D eigenvalue weighted by Gasteiger charge is 2.29. The molecular formula is C15H21NO2. The molecule has 2 atom stereocenters. The lowest BCUT2D eigenvalue weighted by Crippen LogP contribution is -2.46. The summed E-state index contributed by atoms with van der Waals surface area (Å²) < 4.78 is 0. The third kappa shape index (κ3) is 2.98. The van der Waals surface area contributed by atoms with Crippen LogP contribution in [0.5, 0.6) is 0 Å². The van der Waals surface area contributed by atoms with Gasteiger partial charge in [-0.05, 0) is 25.0 Å². The van der Waals surface area contributed by atoms with Crippen LogP contribution in [-0.4, -0.2) is 27.9 Å². The third-order valence-corrected chi connectivity index (χ3v) is 3.75. The third-order valence-electron chi connectivity index (χ3n) is 3.75. The van der Waals surface area contributed by atoms with E-state index in [1.807, 2.05) is 12.1 Å². The highest BCUT2D eigenvalue weighted by molar-refractivity contribution is 5.80. The SMILES string of the molecule is C[C@@H]1CC(=O)C[C@H](C)N1Cc1ccc(CO)cc1. The molecule has 1 fully saturated rings. The molecule has 0 spiro atoms. The van der Waals surface area contributed by atoms with Gasteiger partial charge >= 0.3 is 0 Å². The summed E-state index contributed by atoms with van der Waals surface area (Å²) in [6.07, 6.45) is 1.33. The van der Waals surface area contributed by atoms with Crippen molar-refractivity contribution < 1.29 is 9.90 Å². The molecule has 1 aromatic carbocycles. The smallest absolute Gasteiger partial charge is 0.136 e. The van der Waals surface area contributed by atoms with Crippen molar-refractivity contribution in [3.8, 4) is 0 Å². The molecule has 0 saturated carbocycles. The maximum Gasteiger partial charge on any atom is 0.136 e. The number of aliphatic hydroxyl groups is 1. The van der Waals surface area contributed by atoms with Crippen molar-refractivity contribution in [1.29, 1.82) is 0 Å². The van der Waals surface area contributed by atoms with E-state index >= 15 is 0 Å². The molecular weight excluding hydrogens is 226 g/mol. The van der Waals surface area contributed by atoms with Gasteiger partial charge in [0, 0.05) is 31.5 Å². The highest BCUT2D eigenvalue weighted by atomic mass is 16.3. The molecule has 0 amide bonds. The highest BCUT2D eigenvalue weighted by Crippen LogP contribution is 2.22. The molecule has 1 aliphatic heterocycles. The van der Waals surface area contributed by atoms with Crippen LogP contribution in [0.2, 0.25) is 0 Å². The van der Waals surface area contributed by atoms with Crippen LogP contribution in [0, 0.1) is 0 Å². The fourth-order valence-electron chi connectivity index (χ4n) is 2.68. The Balaban J connectivity index is 2.05. The summed E-state index contributed by atoms with van der Waals surface area (Å²) >= 11 is 0. The van der Waals surface area contributed by atoms with Crippen molar-refractivity contribution in [3.63, 3.8) is 0 Å². The molecule has 0 aromatic heterocycles. The predicted molar refractivity (Wildman–Crippen MR) is 71.1 cm³/mol. The summed E-state index contributed by atoms with van der Waals surface area (Å²) in [7, 11) is 0. The van der Waals surface area contributed by atoms with Gasteiger partial charge in [-0.2, -0.15) is 0 Å². The molecule has 98 valence electrons. The van der Waals surface area contributed by atoms with Gasteiger partial charge in [0.15, 0.2) is 0 Å². The second-order valence-corrected chi connectivity index (χ2v) is 5.29. The second-order valence-electron chi connectivity index (χ2n) is 5.29. The predicted octanol–water partition coefficient (Wildman–Crippen LogP) is 2.12. The normalized spacial score (nSPS) is 25.4. The molecule has 2 rings (SSSR count). The maximum absolute atomic E-state index is 11.5. The maximum atomic E-state index is 11.5. The molecule has 1 aliphatic rings. The topological polar surface area (TPSA) is 40.5 Å². The van der Waals surface area contributed by atoms with Crippen LogP contribution in [0.25, 0.3) is 0 Å². The van der Waals surface area contributed by atoms with Gasteiger partial charge in [-0.15, -0.1) is 0 Å². The van der Waals surface area contributed by atoms with E-state index in [0.717, 1.165) is 12.1 Å². The fraction of sp³-hybridized carbons (Fsp3) is 0.533. The largest absolute Gasteiger partial charge is 0.392 e. The number of likely N-dealkylation sites (tertiary alicyclic amines) is 1. The summed E-state index contributed by atoms with van der Waals surface area (Å²) in [4.78, 5) is 13.9. The van der Waals surface area contributed by atoms with Gasteiger partial charge in [-0.3, -0.25) is 9.69 Å². The van der Waals surface area contributed by atoms with Crippen LogP contribution in [-0.2, 0) is 17.9 Å². The average molecular weight is 247 g/mol. The van der Waals surface area contributed by atoms with E-state index in [0.29, 0.717) is 30.7 Å². The first kappa shape index (κ1) is 13.2. The number of benzene rings is 1. The number of hydrogen-bond donors (Lipinski definition) is 1. The molecule has 0 radical (unpaired) electrons. The minimum Gasteiger partial charge on any atom is -0.392 e. The lowest BCUT2D eigenvalue weighted by Gasteiger charge is -2.38. The summed E-state index contributed by atoms with van der Waals surface area (Å²) in [5, 5.41) is 9.02. The minimum absolute atomic E-state index is 0.0886. The van der Waals surface area contributed by atoms with Crippen LogP contribution in [0.15, 0.2) is 24.3 Å². The monoisotopic (exact) mass is 247 g/mol. The van der Waals surface area contributed by atoms with E-state index < -0.39 is 0 Å². The van der Waals surface area contributed by atoms with Gasteiger partial charge in [-0.1, -0.05) is 24.3 Å². The number of piperidine rings is 1. The molecule has 18 heavy (non-hydrogen) atoms. The van der Waals surface area contributed by atoms with Crippen LogP contribution in [0.4, 0.5) is 0 Å². The number of Topliss-reactive ketones (excluding diaryl/α,β-unsaturated/α-hetero) is 1. The summed E-state index contributed by atoms with van der Waals surface area (Å²) in [5.41, 5.74) is 2.17. The quantitative estimate of drug-likeness (QED) is 0.889. The standard InChI is InChI=1S/C15H21NO2/c1-11-7-15(18)8-12(2)16(11)9-13-3-5-14(10-17)6-4-13/h3-6,11-12,17H,7-10H2,1-2H3/t11-,12+. The molecule has 1 saturated heterocycles. The molecule has 1 N–H and O–H groups in total.